The number of benzene rings is 1. The monoisotopic (exact) mass is 241 g/mol. The van der Waals surface area contributed by atoms with Gasteiger partial charge in [-0.2, -0.15) is 5.26 Å². The minimum absolute atomic E-state index is 0.301. The molecule has 1 aromatic heterocycles. The van der Waals surface area contributed by atoms with Crippen LogP contribution in [0.15, 0.2) is 30.3 Å². The maximum atomic E-state index is 13.7. The van der Waals surface area contributed by atoms with Crippen LogP contribution in [0.2, 0.25) is 0 Å². The van der Waals surface area contributed by atoms with Crippen molar-refractivity contribution in [2.75, 3.05) is 5.32 Å². The van der Waals surface area contributed by atoms with Gasteiger partial charge in [-0.25, -0.2) is 9.37 Å². The molecular weight excluding hydrogens is 229 g/mol. The molecular formula is C14H12FN3. The van der Waals surface area contributed by atoms with Gasteiger partial charge in [0.1, 0.15) is 23.4 Å². The Balaban J connectivity index is 2.37. The molecule has 1 N–H and O–H groups in total. The number of nitrogens with zero attached hydrogens (tertiary/aromatic N) is 2. The van der Waals surface area contributed by atoms with E-state index in [0.29, 0.717) is 17.2 Å². The van der Waals surface area contributed by atoms with Crippen LogP contribution < -0.4 is 5.32 Å². The van der Waals surface area contributed by atoms with Gasteiger partial charge in [-0.1, -0.05) is 12.1 Å². The van der Waals surface area contributed by atoms with E-state index in [9.17, 15) is 4.39 Å². The van der Waals surface area contributed by atoms with E-state index in [-0.39, 0.29) is 5.82 Å². The Morgan fingerprint density at radius 1 is 1.22 bits per heavy atom. The van der Waals surface area contributed by atoms with E-state index in [1.165, 1.54) is 6.07 Å². The molecule has 90 valence electrons. The summed E-state index contributed by atoms with van der Waals surface area (Å²) in [5.74, 6) is 0.162. The highest BCUT2D eigenvalue weighted by Gasteiger charge is 2.06. The minimum atomic E-state index is -0.335. The van der Waals surface area contributed by atoms with Crippen LogP contribution in [-0.4, -0.2) is 4.98 Å². The summed E-state index contributed by atoms with van der Waals surface area (Å²) in [7, 11) is 0. The summed E-state index contributed by atoms with van der Waals surface area (Å²) in [6.07, 6.45) is 0. The average molecular weight is 241 g/mol. The first-order valence-corrected chi connectivity index (χ1v) is 5.51. The van der Waals surface area contributed by atoms with E-state index in [1.54, 1.807) is 18.2 Å². The predicted octanol–water partition coefficient (Wildman–Crippen LogP) is 3.45. The summed E-state index contributed by atoms with van der Waals surface area (Å²) in [5, 5.41) is 11.7. The predicted molar refractivity (Wildman–Crippen MR) is 68.1 cm³/mol. The number of halogens is 1. The zero-order chi connectivity index (χ0) is 13.1. The van der Waals surface area contributed by atoms with E-state index >= 15 is 0 Å². The van der Waals surface area contributed by atoms with Crippen LogP contribution in [-0.2, 0) is 0 Å². The average Bonchev–Trinajstić information content (AvgIpc) is 2.35. The first-order valence-electron chi connectivity index (χ1n) is 5.51. The lowest BCUT2D eigenvalue weighted by Gasteiger charge is -2.10. The Kier molecular flexibility index (Phi) is 3.24. The molecule has 0 atom stereocenters. The molecule has 2 aromatic rings. The van der Waals surface area contributed by atoms with Crippen LogP contribution in [0.4, 0.5) is 15.9 Å². The molecule has 0 radical (unpaired) electrons. The SMILES string of the molecule is Cc1ccc(Nc2nc(C#N)ccc2C)c(F)c1. The number of rotatable bonds is 2. The Morgan fingerprint density at radius 3 is 2.67 bits per heavy atom. The minimum Gasteiger partial charge on any atom is -0.338 e. The van der Waals surface area contributed by atoms with Crippen molar-refractivity contribution in [1.29, 1.82) is 5.26 Å². The summed E-state index contributed by atoms with van der Waals surface area (Å²) in [5.41, 5.74) is 2.37. The van der Waals surface area contributed by atoms with Crippen LogP contribution in [0.25, 0.3) is 0 Å². The molecule has 4 heteroatoms. The first kappa shape index (κ1) is 12.1. The highest BCUT2D eigenvalue weighted by molar-refractivity contribution is 5.60. The topological polar surface area (TPSA) is 48.7 Å². The molecule has 3 nitrogen and oxygen atoms in total. The van der Waals surface area contributed by atoms with Crippen molar-refractivity contribution in [1.82, 2.24) is 4.98 Å². The lowest BCUT2D eigenvalue weighted by atomic mass is 10.2. The third kappa shape index (κ3) is 2.46. The fourth-order valence-electron chi connectivity index (χ4n) is 1.57. The van der Waals surface area contributed by atoms with Gasteiger partial charge < -0.3 is 5.32 Å². The normalized spacial score (nSPS) is 9.89. The Bertz CT molecular complexity index is 629. The van der Waals surface area contributed by atoms with Gasteiger partial charge in [-0.3, -0.25) is 0 Å². The Hall–Kier alpha value is -2.41. The van der Waals surface area contributed by atoms with Crippen molar-refractivity contribution < 1.29 is 4.39 Å². The molecule has 0 fully saturated rings. The van der Waals surface area contributed by atoms with Crippen molar-refractivity contribution in [3.05, 3.63) is 53.0 Å². The Labute approximate surface area is 105 Å². The standard InChI is InChI=1S/C14H12FN3/c1-9-3-6-13(12(15)7-9)18-14-10(2)4-5-11(8-16)17-14/h3-7H,1-2H3,(H,17,18). The fraction of sp³-hybridized carbons (Fsp3) is 0.143. The molecule has 2 rings (SSSR count). The maximum absolute atomic E-state index is 13.7. The molecule has 0 saturated heterocycles. The van der Waals surface area contributed by atoms with Gasteiger partial charge in [-0.05, 0) is 43.2 Å². The third-order valence-corrected chi connectivity index (χ3v) is 2.59. The number of anilines is 2. The van der Waals surface area contributed by atoms with Crippen molar-refractivity contribution in [2.45, 2.75) is 13.8 Å². The fourth-order valence-corrected chi connectivity index (χ4v) is 1.57. The largest absolute Gasteiger partial charge is 0.338 e. The molecule has 1 heterocycles. The van der Waals surface area contributed by atoms with Crippen molar-refractivity contribution in [3.63, 3.8) is 0 Å². The van der Waals surface area contributed by atoms with Gasteiger partial charge in [0.05, 0.1) is 5.69 Å². The second kappa shape index (κ2) is 4.84. The Morgan fingerprint density at radius 2 is 2.00 bits per heavy atom. The highest BCUT2D eigenvalue weighted by Crippen LogP contribution is 2.22. The van der Waals surface area contributed by atoms with E-state index in [0.717, 1.165) is 11.1 Å². The van der Waals surface area contributed by atoms with Crippen LogP contribution >= 0.6 is 0 Å². The molecule has 0 saturated carbocycles. The van der Waals surface area contributed by atoms with Gasteiger partial charge in [0.15, 0.2) is 0 Å². The van der Waals surface area contributed by atoms with E-state index in [4.69, 9.17) is 5.26 Å². The molecule has 0 bridgehead atoms. The number of nitrogens with one attached hydrogen (secondary N) is 1. The quantitative estimate of drug-likeness (QED) is 0.876. The van der Waals surface area contributed by atoms with Gasteiger partial charge in [-0.15, -0.1) is 0 Å². The molecule has 0 aliphatic rings. The molecule has 0 unspecified atom stereocenters. The molecule has 0 amide bonds. The van der Waals surface area contributed by atoms with Crippen LogP contribution in [0.3, 0.4) is 0 Å². The molecule has 0 spiro atoms. The summed E-state index contributed by atoms with van der Waals surface area (Å²) in [4.78, 5) is 4.11. The van der Waals surface area contributed by atoms with Gasteiger partial charge >= 0.3 is 0 Å². The number of aromatic nitrogens is 1. The van der Waals surface area contributed by atoms with Crippen LogP contribution in [0, 0.1) is 31.0 Å². The lowest BCUT2D eigenvalue weighted by Crippen LogP contribution is -2.00. The number of aryl methyl sites for hydroxylation is 2. The van der Waals surface area contributed by atoms with Gasteiger partial charge in [0.2, 0.25) is 0 Å². The summed E-state index contributed by atoms with van der Waals surface area (Å²) in [6, 6.07) is 10.3. The summed E-state index contributed by atoms with van der Waals surface area (Å²) >= 11 is 0. The second-order valence-corrected chi connectivity index (χ2v) is 4.08. The van der Waals surface area contributed by atoms with Crippen molar-refractivity contribution in [2.24, 2.45) is 0 Å². The van der Waals surface area contributed by atoms with Crippen LogP contribution in [0.1, 0.15) is 16.8 Å². The highest BCUT2D eigenvalue weighted by atomic mass is 19.1. The lowest BCUT2D eigenvalue weighted by molar-refractivity contribution is 0.630. The molecule has 18 heavy (non-hydrogen) atoms. The molecule has 0 aliphatic heterocycles. The molecule has 1 aromatic carbocycles. The van der Waals surface area contributed by atoms with Crippen molar-refractivity contribution in [3.8, 4) is 6.07 Å². The number of pyridine rings is 1. The molecule has 0 aliphatic carbocycles. The zero-order valence-corrected chi connectivity index (χ0v) is 10.2. The second-order valence-electron chi connectivity index (χ2n) is 4.08. The van der Waals surface area contributed by atoms with E-state index in [2.05, 4.69) is 10.3 Å². The van der Waals surface area contributed by atoms with Crippen LogP contribution in [0.5, 0.6) is 0 Å². The maximum Gasteiger partial charge on any atom is 0.146 e. The summed E-state index contributed by atoms with van der Waals surface area (Å²) in [6.45, 7) is 3.68. The number of hydrogen-bond donors (Lipinski definition) is 1. The first-order chi connectivity index (χ1) is 8.60. The third-order valence-electron chi connectivity index (χ3n) is 2.59. The van der Waals surface area contributed by atoms with Gasteiger partial charge in [0, 0.05) is 0 Å². The number of nitriles is 1. The number of hydrogen-bond acceptors (Lipinski definition) is 3. The van der Waals surface area contributed by atoms with Gasteiger partial charge in [0.25, 0.3) is 0 Å². The zero-order valence-electron chi connectivity index (χ0n) is 10.2. The van der Waals surface area contributed by atoms with E-state index in [1.807, 2.05) is 26.0 Å². The summed E-state index contributed by atoms with van der Waals surface area (Å²) < 4.78 is 13.7. The van der Waals surface area contributed by atoms with Crippen molar-refractivity contribution >= 4 is 11.5 Å². The smallest absolute Gasteiger partial charge is 0.146 e. The van der Waals surface area contributed by atoms with E-state index < -0.39 is 0 Å².